The van der Waals surface area contributed by atoms with Gasteiger partial charge in [-0.25, -0.2) is 4.98 Å². The maximum atomic E-state index is 12.4. The van der Waals surface area contributed by atoms with E-state index in [2.05, 4.69) is 15.2 Å². The maximum Gasteiger partial charge on any atom is 0.443 e. The van der Waals surface area contributed by atoms with Crippen LogP contribution in [0.5, 0.6) is 5.88 Å². The quantitative estimate of drug-likeness (QED) is 0.936. The zero-order chi connectivity index (χ0) is 14.0. The molecule has 0 aliphatic rings. The number of ether oxygens (including phenoxy) is 1. The third-order valence-electron chi connectivity index (χ3n) is 2.26. The average molecular weight is 290 g/mol. The Balaban J connectivity index is 2.23. The number of methoxy groups -OCH3 is 1. The first-order valence-electron chi connectivity index (χ1n) is 5.08. The summed E-state index contributed by atoms with van der Waals surface area (Å²) in [5.74, 6) is 0.302. The Kier molecular flexibility index (Phi) is 3.67. The van der Waals surface area contributed by atoms with Crippen LogP contribution in [0.1, 0.15) is 21.6 Å². The SMILES string of the molecule is COc1ccc(C(N)c2cnc(C(F)(F)F)s2)nn1. The fraction of sp³-hybridized carbons (Fsp3) is 0.300. The van der Waals surface area contributed by atoms with Crippen LogP contribution >= 0.6 is 11.3 Å². The van der Waals surface area contributed by atoms with Crippen LogP contribution in [0.2, 0.25) is 0 Å². The van der Waals surface area contributed by atoms with E-state index in [4.69, 9.17) is 10.5 Å². The third-order valence-corrected chi connectivity index (χ3v) is 3.39. The second-order valence-electron chi connectivity index (χ2n) is 3.54. The van der Waals surface area contributed by atoms with Gasteiger partial charge in [-0.3, -0.25) is 0 Å². The van der Waals surface area contributed by atoms with E-state index in [1.165, 1.54) is 13.2 Å². The molecule has 1 atom stereocenters. The number of nitrogens with two attached hydrogens (primary N) is 1. The molecule has 2 heterocycles. The molecule has 2 aromatic rings. The van der Waals surface area contributed by atoms with Crippen molar-refractivity contribution < 1.29 is 17.9 Å². The highest BCUT2D eigenvalue weighted by atomic mass is 32.1. The summed E-state index contributed by atoms with van der Waals surface area (Å²) in [7, 11) is 1.43. The van der Waals surface area contributed by atoms with Gasteiger partial charge in [-0.15, -0.1) is 21.5 Å². The average Bonchev–Trinajstić information content (AvgIpc) is 2.87. The molecule has 1 unspecified atom stereocenters. The highest BCUT2D eigenvalue weighted by Crippen LogP contribution is 2.34. The Bertz CT molecular complexity index is 555. The van der Waals surface area contributed by atoms with Gasteiger partial charge in [0.15, 0.2) is 5.01 Å². The molecule has 0 amide bonds. The number of aromatic nitrogens is 3. The second kappa shape index (κ2) is 5.10. The fourth-order valence-corrected chi connectivity index (χ4v) is 2.11. The van der Waals surface area contributed by atoms with Gasteiger partial charge >= 0.3 is 6.18 Å². The predicted octanol–water partition coefficient (Wildman–Crippen LogP) is 2.01. The number of halogens is 3. The molecule has 2 N–H and O–H groups in total. The number of nitrogens with zero attached hydrogens (tertiary/aromatic N) is 3. The van der Waals surface area contributed by atoms with E-state index in [0.29, 0.717) is 22.9 Å². The maximum absolute atomic E-state index is 12.4. The molecule has 0 aromatic carbocycles. The summed E-state index contributed by atoms with van der Waals surface area (Å²) in [5, 5.41) is 6.57. The summed E-state index contributed by atoms with van der Waals surface area (Å²) >= 11 is 0.493. The smallest absolute Gasteiger partial charge is 0.443 e. The monoisotopic (exact) mass is 290 g/mol. The molecule has 2 rings (SSSR count). The van der Waals surface area contributed by atoms with Crippen LogP contribution in [0.3, 0.4) is 0 Å². The molecule has 2 aromatic heterocycles. The minimum atomic E-state index is -4.46. The molecule has 5 nitrogen and oxygen atoms in total. The van der Waals surface area contributed by atoms with Gasteiger partial charge in [0, 0.05) is 17.1 Å². The van der Waals surface area contributed by atoms with E-state index in [-0.39, 0.29) is 4.88 Å². The summed E-state index contributed by atoms with van der Waals surface area (Å²) in [5.41, 5.74) is 6.17. The van der Waals surface area contributed by atoms with Crippen molar-refractivity contribution >= 4 is 11.3 Å². The molecule has 9 heteroatoms. The Hall–Kier alpha value is -1.74. The van der Waals surface area contributed by atoms with Crippen molar-refractivity contribution in [1.29, 1.82) is 0 Å². The highest BCUT2D eigenvalue weighted by molar-refractivity contribution is 7.11. The summed E-state index contributed by atoms with van der Waals surface area (Å²) in [6.07, 6.45) is -3.36. The highest BCUT2D eigenvalue weighted by Gasteiger charge is 2.35. The van der Waals surface area contributed by atoms with Crippen LogP contribution in [-0.4, -0.2) is 22.3 Å². The molecule has 0 spiro atoms. The molecule has 0 bridgehead atoms. The third kappa shape index (κ3) is 2.99. The molecule has 0 radical (unpaired) electrons. The van der Waals surface area contributed by atoms with Crippen LogP contribution < -0.4 is 10.5 Å². The zero-order valence-electron chi connectivity index (χ0n) is 9.68. The Morgan fingerprint density at radius 1 is 1.32 bits per heavy atom. The molecule has 102 valence electrons. The fourth-order valence-electron chi connectivity index (χ4n) is 1.31. The molecule has 19 heavy (non-hydrogen) atoms. The summed E-state index contributed by atoms with van der Waals surface area (Å²) < 4.78 is 42.1. The van der Waals surface area contributed by atoms with E-state index in [1.807, 2.05) is 0 Å². The van der Waals surface area contributed by atoms with E-state index in [9.17, 15) is 13.2 Å². The van der Waals surface area contributed by atoms with Crippen molar-refractivity contribution in [2.75, 3.05) is 7.11 Å². The zero-order valence-corrected chi connectivity index (χ0v) is 10.5. The number of hydrogen-bond acceptors (Lipinski definition) is 6. The van der Waals surface area contributed by atoms with Crippen LogP contribution in [-0.2, 0) is 6.18 Å². The second-order valence-corrected chi connectivity index (χ2v) is 4.61. The number of thiazole rings is 1. The van der Waals surface area contributed by atoms with Crippen LogP contribution in [0.4, 0.5) is 13.2 Å². The Morgan fingerprint density at radius 3 is 2.53 bits per heavy atom. The van der Waals surface area contributed by atoms with Crippen molar-refractivity contribution in [1.82, 2.24) is 15.2 Å². The first kappa shape index (κ1) is 13.7. The van der Waals surface area contributed by atoms with Crippen molar-refractivity contribution in [3.63, 3.8) is 0 Å². The van der Waals surface area contributed by atoms with E-state index >= 15 is 0 Å². The van der Waals surface area contributed by atoms with Gasteiger partial charge in [0.1, 0.15) is 0 Å². The van der Waals surface area contributed by atoms with Gasteiger partial charge in [0.05, 0.1) is 18.8 Å². The first-order chi connectivity index (χ1) is 8.91. The van der Waals surface area contributed by atoms with Gasteiger partial charge in [0.2, 0.25) is 5.88 Å². The summed E-state index contributed by atoms with van der Waals surface area (Å²) in [6, 6.07) is 2.28. The lowest BCUT2D eigenvalue weighted by Gasteiger charge is -2.07. The number of hydrogen-bond donors (Lipinski definition) is 1. The molecular weight excluding hydrogens is 281 g/mol. The van der Waals surface area contributed by atoms with Gasteiger partial charge in [-0.2, -0.15) is 13.2 Å². The van der Waals surface area contributed by atoms with Crippen molar-refractivity contribution in [3.8, 4) is 5.88 Å². The molecule has 0 fully saturated rings. The van der Waals surface area contributed by atoms with Crippen molar-refractivity contribution in [2.24, 2.45) is 5.73 Å². The molecule has 0 aliphatic heterocycles. The van der Waals surface area contributed by atoms with Crippen LogP contribution in [0.25, 0.3) is 0 Å². The van der Waals surface area contributed by atoms with E-state index < -0.39 is 17.2 Å². The largest absolute Gasteiger partial charge is 0.480 e. The minimum Gasteiger partial charge on any atom is -0.480 e. The van der Waals surface area contributed by atoms with Gasteiger partial charge in [-0.05, 0) is 6.07 Å². The lowest BCUT2D eigenvalue weighted by Crippen LogP contribution is -2.12. The molecule has 0 saturated heterocycles. The lowest BCUT2D eigenvalue weighted by molar-refractivity contribution is -0.137. The minimum absolute atomic E-state index is 0.270. The van der Waals surface area contributed by atoms with E-state index in [1.54, 1.807) is 6.07 Å². The van der Waals surface area contributed by atoms with Gasteiger partial charge < -0.3 is 10.5 Å². The summed E-state index contributed by atoms with van der Waals surface area (Å²) in [6.45, 7) is 0. The van der Waals surface area contributed by atoms with E-state index in [0.717, 1.165) is 6.20 Å². The first-order valence-corrected chi connectivity index (χ1v) is 5.89. The summed E-state index contributed by atoms with van der Waals surface area (Å²) in [4.78, 5) is 3.58. The molecule has 0 saturated carbocycles. The number of rotatable bonds is 3. The number of alkyl halides is 3. The lowest BCUT2D eigenvalue weighted by atomic mass is 10.2. The topological polar surface area (TPSA) is 73.9 Å². The van der Waals surface area contributed by atoms with Crippen LogP contribution in [0.15, 0.2) is 18.3 Å². The molecular formula is C10H9F3N4OS. The standard InChI is InChI=1S/C10H9F3N4OS/c1-18-7-3-2-5(16-17-7)8(14)6-4-15-9(19-6)10(11,12)13/h2-4,8H,14H2,1H3. The van der Waals surface area contributed by atoms with Gasteiger partial charge in [0.25, 0.3) is 0 Å². The van der Waals surface area contributed by atoms with Crippen LogP contribution in [0, 0.1) is 0 Å². The van der Waals surface area contributed by atoms with Crippen molar-refractivity contribution in [3.05, 3.63) is 33.9 Å². The Morgan fingerprint density at radius 2 is 2.05 bits per heavy atom. The Labute approximate surface area is 110 Å². The predicted molar refractivity (Wildman–Crippen MR) is 61.7 cm³/mol. The molecule has 0 aliphatic carbocycles. The normalized spacial score (nSPS) is 13.3. The van der Waals surface area contributed by atoms with Gasteiger partial charge in [-0.1, -0.05) is 0 Å². The van der Waals surface area contributed by atoms with Crippen molar-refractivity contribution in [2.45, 2.75) is 12.2 Å².